The topological polar surface area (TPSA) is 131 Å². The minimum atomic E-state index is -0.600. The van der Waals surface area contributed by atoms with Gasteiger partial charge in [-0.2, -0.15) is 14.4 Å². The largest absolute Gasteiger partial charge is 0.339 e. The van der Waals surface area contributed by atoms with Gasteiger partial charge in [-0.05, 0) is 68.5 Å². The van der Waals surface area contributed by atoms with Crippen LogP contribution in [-0.2, 0) is 0 Å². The molecule has 2 amide bonds. The summed E-state index contributed by atoms with van der Waals surface area (Å²) >= 11 is 0. The van der Waals surface area contributed by atoms with E-state index in [1.54, 1.807) is 22.8 Å². The lowest BCUT2D eigenvalue weighted by molar-refractivity contribution is 0.0687. The Balaban J connectivity index is 0.000000164. The molecule has 0 aliphatic carbocycles. The number of pyridine rings is 1. The van der Waals surface area contributed by atoms with Gasteiger partial charge in [0.2, 0.25) is 29.4 Å². The molecule has 3 aromatic heterocycles. The first-order valence-corrected chi connectivity index (χ1v) is 17.6. The van der Waals surface area contributed by atoms with Gasteiger partial charge in [-0.3, -0.25) is 9.59 Å². The van der Waals surface area contributed by atoms with Gasteiger partial charge in [-0.1, -0.05) is 71.0 Å². The van der Waals surface area contributed by atoms with Crippen molar-refractivity contribution in [2.24, 2.45) is 0 Å². The Kier molecular flexibility index (Phi) is 10.7. The molecule has 0 unspecified atom stereocenters. The number of amides is 2. The van der Waals surface area contributed by atoms with E-state index in [0.29, 0.717) is 66.3 Å². The van der Waals surface area contributed by atoms with Crippen molar-refractivity contribution in [2.75, 3.05) is 26.2 Å². The standard InChI is InChI=1S/C21H20FN3O2.C19H17FN4O2/c1-14-12-17(22)9-10-18(14)21(26)25-11-5-8-16(13-25)20-23-19(24-27-20)15-6-3-2-4-7-15;20-16-9-8-14(11-21-16)19(25)24-10-4-7-15(12-24)18-22-17(23-26-18)13-5-2-1-3-6-13/h2-4,6-7,9-10,12,16H,5,8,11,13H2,1H3;1-3,5-6,8-9,11,15H,4,7,10,12H2/t16-;15-/m00/s1. The lowest BCUT2D eigenvalue weighted by atomic mass is 9.96. The van der Waals surface area contributed by atoms with Crippen molar-refractivity contribution in [3.05, 3.63) is 137 Å². The summed E-state index contributed by atoms with van der Waals surface area (Å²) in [6.45, 7) is 4.08. The number of nitrogens with zero attached hydrogens (tertiary/aromatic N) is 7. The Hall–Kier alpha value is -6.11. The Bertz CT molecular complexity index is 2160. The molecule has 13 heteroatoms. The van der Waals surface area contributed by atoms with Gasteiger partial charge in [0.25, 0.3) is 11.8 Å². The molecule has 270 valence electrons. The van der Waals surface area contributed by atoms with Crippen LogP contribution in [0.4, 0.5) is 8.78 Å². The van der Waals surface area contributed by atoms with Gasteiger partial charge in [0.1, 0.15) is 5.82 Å². The molecule has 11 nitrogen and oxygen atoms in total. The molecule has 0 saturated carbocycles. The van der Waals surface area contributed by atoms with E-state index in [4.69, 9.17) is 9.05 Å². The zero-order chi connectivity index (χ0) is 36.7. The molecule has 2 fully saturated rings. The molecule has 3 aromatic carbocycles. The summed E-state index contributed by atoms with van der Waals surface area (Å²) in [5.41, 5.74) is 3.35. The zero-order valence-corrected chi connectivity index (χ0v) is 29.1. The Morgan fingerprint density at radius 2 is 1.25 bits per heavy atom. The SMILES string of the molecule is Cc1cc(F)ccc1C(=O)N1CCC[C@H](c2nc(-c3ccccc3)no2)C1.O=C(c1ccc(F)nc1)N1CCC[C@H](c2nc(-c3ccccc3)no2)C1. The normalized spacial score (nSPS) is 17.2. The molecule has 2 aliphatic heterocycles. The molecule has 0 radical (unpaired) electrons. The van der Waals surface area contributed by atoms with E-state index in [9.17, 15) is 18.4 Å². The van der Waals surface area contributed by atoms with Crippen LogP contribution in [0.2, 0.25) is 0 Å². The molecule has 53 heavy (non-hydrogen) atoms. The smallest absolute Gasteiger partial charge is 0.255 e. The molecule has 0 bridgehead atoms. The maximum Gasteiger partial charge on any atom is 0.255 e. The third kappa shape index (κ3) is 8.35. The lowest BCUT2D eigenvalue weighted by Gasteiger charge is -2.31. The Labute approximate surface area is 304 Å². The van der Waals surface area contributed by atoms with Crippen molar-refractivity contribution in [3.8, 4) is 22.8 Å². The number of halogens is 2. The first-order chi connectivity index (χ1) is 25.8. The first-order valence-electron chi connectivity index (χ1n) is 17.6. The van der Waals surface area contributed by atoms with Crippen LogP contribution in [0.15, 0.2) is 106 Å². The van der Waals surface area contributed by atoms with Crippen LogP contribution in [0.5, 0.6) is 0 Å². The lowest BCUT2D eigenvalue weighted by Crippen LogP contribution is -2.39. The number of likely N-dealkylation sites (tertiary alicyclic amines) is 2. The van der Waals surface area contributed by atoms with E-state index in [0.717, 1.165) is 36.8 Å². The fourth-order valence-corrected chi connectivity index (χ4v) is 6.66. The number of carbonyl (C=O) groups excluding carboxylic acids is 2. The van der Waals surface area contributed by atoms with Gasteiger partial charge in [0.15, 0.2) is 0 Å². The second kappa shape index (κ2) is 16.1. The van der Waals surface area contributed by atoms with Crippen molar-refractivity contribution >= 4 is 11.8 Å². The van der Waals surface area contributed by atoms with Crippen molar-refractivity contribution in [1.82, 2.24) is 35.1 Å². The maximum atomic E-state index is 13.3. The number of hydrogen-bond acceptors (Lipinski definition) is 9. The minimum Gasteiger partial charge on any atom is -0.339 e. The van der Waals surface area contributed by atoms with Crippen LogP contribution in [-0.4, -0.2) is 73.1 Å². The van der Waals surface area contributed by atoms with Gasteiger partial charge >= 0.3 is 0 Å². The molecule has 2 atom stereocenters. The first kappa shape index (κ1) is 35.3. The third-order valence-corrected chi connectivity index (χ3v) is 9.46. The van der Waals surface area contributed by atoms with E-state index < -0.39 is 5.95 Å². The molecule has 2 saturated heterocycles. The quantitative estimate of drug-likeness (QED) is 0.161. The highest BCUT2D eigenvalue weighted by atomic mass is 19.1. The van der Waals surface area contributed by atoms with E-state index in [-0.39, 0.29) is 29.5 Å². The summed E-state index contributed by atoms with van der Waals surface area (Å²) in [5, 5.41) is 8.14. The summed E-state index contributed by atoms with van der Waals surface area (Å²) in [6.07, 6.45) is 4.74. The second-order valence-electron chi connectivity index (χ2n) is 13.2. The van der Waals surface area contributed by atoms with Crippen LogP contribution in [0.25, 0.3) is 22.8 Å². The molecule has 0 N–H and O–H groups in total. The van der Waals surface area contributed by atoms with E-state index in [1.165, 1.54) is 30.5 Å². The van der Waals surface area contributed by atoms with Gasteiger partial charge < -0.3 is 18.8 Å². The molecule has 8 rings (SSSR count). The monoisotopic (exact) mass is 717 g/mol. The van der Waals surface area contributed by atoms with E-state index in [1.807, 2.05) is 60.7 Å². The Morgan fingerprint density at radius 1 is 0.698 bits per heavy atom. The highest BCUT2D eigenvalue weighted by Crippen LogP contribution is 2.30. The predicted molar refractivity (Wildman–Crippen MR) is 191 cm³/mol. The number of benzene rings is 3. The maximum absolute atomic E-state index is 13.3. The van der Waals surface area contributed by atoms with Crippen LogP contribution in [0.3, 0.4) is 0 Å². The molecule has 2 aliphatic rings. The highest BCUT2D eigenvalue weighted by molar-refractivity contribution is 5.96. The van der Waals surface area contributed by atoms with Crippen LogP contribution >= 0.6 is 0 Å². The number of aryl methyl sites for hydroxylation is 1. The minimum absolute atomic E-state index is 0.00779. The summed E-state index contributed by atoms with van der Waals surface area (Å²) in [6, 6.07) is 26.2. The fourth-order valence-electron chi connectivity index (χ4n) is 6.66. The van der Waals surface area contributed by atoms with Gasteiger partial charge in [0, 0.05) is 49.1 Å². The predicted octanol–water partition coefficient (Wildman–Crippen LogP) is 7.49. The summed E-state index contributed by atoms with van der Waals surface area (Å²) in [4.78, 5) is 41.6. The van der Waals surface area contributed by atoms with Gasteiger partial charge in [0.05, 0.1) is 17.4 Å². The number of aromatic nitrogens is 5. The molecule has 6 aromatic rings. The van der Waals surface area contributed by atoms with Crippen LogP contribution < -0.4 is 0 Å². The molecule has 0 spiro atoms. The van der Waals surface area contributed by atoms with Crippen molar-refractivity contribution in [1.29, 1.82) is 0 Å². The van der Waals surface area contributed by atoms with Crippen molar-refractivity contribution in [3.63, 3.8) is 0 Å². The third-order valence-electron chi connectivity index (χ3n) is 9.46. The van der Waals surface area contributed by atoms with Crippen molar-refractivity contribution in [2.45, 2.75) is 44.4 Å². The summed E-state index contributed by atoms with van der Waals surface area (Å²) in [5.74, 6) is 1.03. The number of rotatable bonds is 6. The zero-order valence-electron chi connectivity index (χ0n) is 29.1. The summed E-state index contributed by atoms with van der Waals surface area (Å²) < 4.78 is 37.2. The number of hydrogen-bond donors (Lipinski definition) is 0. The molecular weight excluding hydrogens is 680 g/mol. The summed E-state index contributed by atoms with van der Waals surface area (Å²) in [7, 11) is 0. The van der Waals surface area contributed by atoms with Crippen LogP contribution in [0, 0.1) is 18.7 Å². The van der Waals surface area contributed by atoms with E-state index in [2.05, 4.69) is 25.3 Å². The average molecular weight is 718 g/mol. The fraction of sp³-hybridized carbons (Fsp3) is 0.275. The average Bonchev–Trinajstić information content (AvgIpc) is 3.91. The highest BCUT2D eigenvalue weighted by Gasteiger charge is 2.31. The van der Waals surface area contributed by atoms with Crippen molar-refractivity contribution < 1.29 is 27.4 Å². The second-order valence-corrected chi connectivity index (χ2v) is 13.2. The molecular formula is C40H37F2N7O4. The van der Waals surface area contributed by atoms with Gasteiger partial charge in [-0.25, -0.2) is 9.37 Å². The molecule has 5 heterocycles. The number of carbonyl (C=O) groups is 2. The Morgan fingerprint density at radius 3 is 1.75 bits per heavy atom. The van der Waals surface area contributed by atoms with Crippen LogP contribution in [0.1, 0.15) is 75.6 Å². The number of piperidine rings is 2. The van der Waals surface area contributed by atoms with Gasteiger partial charge in [-0.15, -0.1) is 0 Å². The van der Waals surface area contributed by atoms with E-state index >= 15 is 0 Å².